The molecule has 0 amide bonds. The molecule has 1 rings (SSSR count). The Balaban J connectivity index is 2.29. The lowest BCUT2D eigenvalue weighted by Crippen LogP contribution is -1.99. The molecule has 0 aromatic heterocycles. The standard InChI is InChI=1S/C17H25N/c1-14(2)17-11-9-16(10-12-17)8-6-4-5-7-15(3)13-18/h7,9-12H,1,4-6,8,13,18H2,2-3H3/b15-7+. The number of allylic oxidation sites excluding steroid dienone is 2. The highest BCUT2D eigenvalue weighted by Crippen LogP contribution is 2.14. The lowest BCUT2D eigenvalue weighted by molar-refractivity contribution is 0.744. The minimum atomic E-state index is 0.683. The molecular formula is C17H25N. The van der Waals surface area contributed by atoms with E-state index in [1.165, 1.54) is 29.5 Å². The normalized spacial score (nSPS) is 11.6. The molecule has 98 valence electrons. The summed E-state index contributed by atoms with van der Waals surface area (Å²) in [6.07, 6.45) is 7.03. The van der Waals surface area contributed by atoms with Crippen LogP contribution in [0.5, 0.6) is 0 Å². The Labute approximate surface area is 111 Å². The van der Waals surface area contributed by atoms with Crippen molar-refractivity contribution < 1.29 is 0 Å². The zero-order valence-corrected chi connectivity index (χ0v) is 11.7. The van der Waals surface area contributed by atoms with Gasteiger partial charge in [-0.1, -0.05) is 48.1 Å². The van der Waals surface area contributed by atoms with Crippen molar-refractivity contribution in [2.75, 3.05) is 6.54 Å². The second-order valence-corrected chi connectivity index (χ2v) is 4.98. The lowest BCUT2D eigenvalue weighted by atomic mass is 10.0. The van der Waals surface area contributed by atoms with Crippen LogP contribution in [-0.4, -0.2) is 6.54 Å². The SMILES string of the molecule is C=C(C)c1ccc(CCCC/C=C(\C)CN)cc1. The number of unbranched alkanes of at least 4 members (excludes halogenated alkanes) is 2. The van der Waals surface area contributed by atoms with E-state index >= 15 is 0 Å². The molecule has 1 nitrogen and oxygen atoms in total. The number of rotatable bonds is 7. The van der Waals surface area contributed by atoms with Gasteiger partial charge in [-0.25, -0.2) is 0 Å². The van der Waals surface area contributed by atoms with Crippen LogP contribution in [0.2, 0.25) is 0 Å². The Morgan fingerprint density at radius 3 is 2.39 bits per heavy atom. The van der Waals surface area contributed by atoms with E-state index in [-0.39, 0.29) is 0 Å². The molecule has 0 bridgehead atoms. The van der Waals surface area contributed by atoms with Crippen molar-refractivity contribution in [1.82, 2.24) is 0 Å². The average Bonchev–Trinajstić information content (AvgIpc) is 2.38. The van der Waals surface area contributed by atoms with Gasteiger partial charge in [0.15, 0.2) is 0 Å². The van der Waals surface area contributed by atoms with Gasteiger partial charge in [-0.3, -0.25) is 0 Å². The van der Waals surface area contributed by atoms with Gasteiger partial charge in [0.1, 0.15) is 0 Å². The zero-order valence-electron chi connectivity index (χ0n) is 11.7. The quantitative estimate of drug-likeness (QED) is 0.559. The Kier molecular flexibility index (Phi) is 6.45. The van der Waals surface area contributed by atoms with Gasteiger partial charge in [0.25, 0.3) is 0 Å². The first kappa shape index (κ1) is 14.7. The van der Waals surface area contributed by atoms with Gasteiger partial charge in [-0.2, -0.15) is 0 Å². The average molecular weight is 243 g/mol. The van der Waals surface area contributed by atoms with Crippen LogP contribution in [-0.2, 0) is 6.42 Å². The summed E-state index contributed by atoms with van der Waals surface area (Å²) in [4.78, 5) is 0. The van der Waals surface area contributed by atoms with Gasteiger partial charge >= 0.3 is 0 Å². The van der Waals surface area contributed by atoms with E-state index < -0.39 is 0 Å². The molecule has 0 aliphatic rings. The Bertz CT molecular complexity index is 398. The third-order valence-electron chi connectivity index (χ3n) is 3.18. The van der Waals surface area contributed by atoms with Crippen molar-refractivity contribution in [3.8, 4) is 0 Å². The number of hydrogen-bond donors (Lipinski definition) is 1. The highest BCUT2D eigenvalue weighted by Gasteiger charge is 1.95. The van der Waals surface area contributed by atoms with Crippen molar-refractivity contribution >= 4 is 5.57 Å². The van der Waals surface area contributed by atoms with Crippen molar-refractivity contribution in [2.24, 2.45) is 5.73 Å². The largest absolute Gasteiger partial charge is 0.327 e. The molecule has 2 N–H and O–H groups in total. The van der Waals surface area contributed by atoms with Crippen LogP contribution in [0.4, 0.5) is 0 Å². The fraction of sp³-hybridized carbons (Fsp3) is 0.412. The van der Waals surface area contributed by atoms with Gasteiger partial charge in [0.05, 0.1) is 0 Å². The van der Waals surface area contributed by atoms with Gasteiger partial charge in [-0.15, -0.1) is 0 Å². The number of nitrogens with two attached hydrogens (primary N) is 1. The van der Waals surface area contributed by atoms with E-state index in [0.717, 1.165) is 18.4 Å². The smallest absolute Gasteiger partial charge is 0.0134 e. The van der Waals surface area contributed by atoms with Crippen LogP contribution in [0.15, 0.2) is 42.5 Å². The van der Waals surface area contributed by atoms with Crippen LogP contribution in [0, 0.1) is 0 Å². The summed E-state index contributed by atoms with van der Waals surface area (Å²) in [5.41, 5.74) is 10.6. The molecule has 0 radical (unpaired) electrons. The third kappa shape index (κ3) is 5.33. The molecule has 1 aromatic carbocycles. The molecule has 0 saturated heterocycles. The van der Waals surface area contributed by atoms with Crippen LogP contribution >= 0.6 is 0 Å². The fourth-order valence-electron chi connectivity index (χ4n) is 1.86. The van der Waals surface area contributed by atoms with E-state index in [0.29, 0.717) is 6.54 Å². The molecule has 0 aliphatic heterocycles. The predicted molar refractivity (Wildman–Crippen MR) is 81.5 cm³/mol. The van der Waals surface area contributed by atoms with Gasteiger partial charge in [0.2, 0.25) is 0 Å². The molecule has 0 unspecified atom stereocenters. The summed E-state index contributed by atoms with van der Waals surface area (Å²) in [6.45, 7) is 8.77. The summed E-state index contributed by atoms with van der Waals surface area (Å²) < 4.78 is 0. The van der Waals surface area contributed by atoms with E-state index in [4.69, 9.17) is 5.73 Å². The maximum absolute atomic E-state index is 5.54. The van der Waals surface area contributed by atoms with Crippen molar-refractivity contribution in [2.45, 2.75) is 39.5 Å². The second-order valence-electron chi connectivity index (χ2n) is 4.98. The highest BCUT2D eigenvalue weighted by atomic mass is 14.5. The minimum Gasteiger partial charge on any atom is -0.327 e. The summed E-state index contributed by atoms with van der Waals surface area (Å²) >= 11 is 0. The monoisotopic (exact) mass is 243 g/mol. The summed E-state index contributed by atoms with van der Waals surface area (Å²) in [6, 6.07) is 8.75. The minimum absolute atomic E-state index is 0.683. The van der Waals surface area contributed by atoms with E-state index in [2.05, 4.69) is 43.8 Å². The van der Waals surface area contributed by atoms with E-state index in [9.17, 15) is 0 Å². The van der Waals surface area contributed by atoms with E-state index in [1.54, 1.807) is 0 Å². The van der Waals surface area contributed by atoms with Crippen LogP contribution in [0.3, 0.4) is 0 Å². The van der Waals surface area contributed by atoms with Crippen LogP contribution in [0.1, 0.15) is 44.2 Å². The molecular weight excluding hydrogens is 218 g/mol. The third-order valence-corrected chi connectivity index (χ3v) is 3.18. The van der Waals surface area contributed by atoms with Gasteiger partial charge < -0.3 is 5.73 Å². The molecule has 0 spiro atoms. The van der Waals surface area contributed by atoms with Crippen molar-refractivity contribution in [3.63, 3.8) is 0 Å². The van der Waals surface area contributed by atoms with Crippen LogP contribution in [0.25, 0.3) is 5.57 Å². The fourth-order valence-corrected chi connectivity index (χ4v) is 1.86. The molecule has 1 heteroatoms. The maximum Gasteiger partial charge on any atom is 0.0134 e. The van der Waals surface area contributed by atoms with Gasteiger partial charge in [0, 0.05) is 6.54 Å². The molecule has 0 heterocycles. The van der Waals surface area contributed by atoms with Gasteiger partial charge in [-0.05, 0) is 50.7 Å². The molecule has 18 heavy (non-hydrogen) atoms. The Morgan fingerprint density at radius 1 is 1.17 bits per heavy atom. The van der Waals surface area contributed by atoms with Crippen molar-refractivity contribution in [3.05, 3.63) is 53.6 Å². The number of benzene rings is 1. The number of hydrogen-bond acceptors (Lipinski definition) is 1. The summed E-state index contributed by atoms with van der Waals surface area (Å²) in [5, 5.41) is 0. The summed E-state index contributed by atoms with van der Waals surface area (Å²) in [5.74, 6) is 0. The Hall–Kier alpha value is -1.34. The maximum atomic E-state index is 5.54. The van der Waals surface area contributed by atoms with Crippen LogP contribution < -0.4 is 5.73 Å². The highest BCUT2D eigenvalue weighted by molar-refractivity contribution is 5.61. The molecule has 0 saturated carbocycles. The Morgan fingerprint density at radius 2 is 1.83 bits per heavy atom. The first-order valence-corrected chi connectivity index (χ1v) is 6.74. The van der Waals surface area contributed by atoms with Crippen molar-refractivity contribution in [1.29, 1.82) is 0 Å². The molecule has 1 aromatic rings. The molecule has 0 atom stereocenters. The molecule has 0 aliphatic carbocycles. The summed E-state index contributed by atoms with van der Waals surface area (Å²) in [7, 11) is 0. The zero-order chi connectivity index (χ0) is 13.4. The first-order chi connectivity index (χ1) is 8.63. The van der Waals surface area contributed by atoms with E-state index in [1.807, 2.05) is 6.92 Å². The number of aryl methyl sites for hydroxylation is 1. The molecule has 0 fully saturated rings. The topological polar surface area (TPSA) is 26.0 Å². The first-order valence-electron chi connectivity index (χ1n) is 6.74. The second kappa shape index (κ2) is 7.88. The lowest BCUT2D eigenvalue weighted by Gasteiger charge is -2.03. The predicted octanol–water partition coefficient (Wildman–Crippen LogP) is 4.34.